The lowest BCUT2D eigenvalue weighted by molar-refractivity contribution is 0.215. The van der Waals surface area contributed by atoms with Crippen molar-refractivity contribution in [2.75, 3.05) is 12.4 Å². The van der Waals surface area contributed by atoms with Crippen molar-refractivity contribution in [1.82, 2.24) is 0 Å². The van der Waals surface area contributed by atoms with Gasteiger partial charge in [0.05, 0.1) is 7.11 Å². The molecule has 0 unspecified atom stereocenters. The summed E-state index contributed by atoms with van der Waals surface area (Å²) in [6, 6.07) is 11.9. The monoisotopic (exact) mass is 273 g/mol. The van der Waals surface area contributed by atoms with Crippen molar-refractivity contribution in [3.8, 4) is 17.2 Å². The lowest BCUT2D eigenvalue weighted by Crippen LogP contribution is -2.16. The number of ether oxygens (including phenoxy) is 2. The highest BCUT2D eigenvalue weighted by Crippen LogP contribution is 2.32. The molecule has 0 saturated heterocycles. The molecule has 2 N–H and O–H groups in total. The van der Waals surface area contributed by atoms with Crippen LogP contribution in [0, 0.1) is 6.92 Å². The number of hydrogen-bond acceptors (Lipinski definition) is 4. The predicted molar refractivity (Wildman–Crippen MR) is 75.5 cm³/mol. The Hall–Kier alpha value is -2.69. The van der Waals surface area contributed by atoms with Gasteiger partial charge in [-0.15, -0.1) is 0 Å². The molecule has 0 spiro atoms. The Morgan fingerprint density at radius 1 is 1.20 bits per heavy atom. The molecule has 0 aliphatic carbocycles. The number of amides is 1. The average molecular weight is 273 g/mol. The fraction of sp³-hybridized carbons (Fsp3) is 0.133. The second-order valence-electron chi connectivity index (χ2n) is 4.17. The average Bonchev–Trinajstić information content (AvgIpc) is 2.43. The number of benzene rings is 2. The maximum atomic E-state index is 11.7. The summed E-state index contributed by atoms with van der Waals surface area (Å²) >= 11 is 0. The van der Waals surface area contributed by atoms with Crippen molar-refractivity contribution in [2.24, 2.45) is 0 Å². The molecule has 2 rings (SSSR count). The first-order chi connectivity index (χ1) is 9.60. The van der Waals surface area contributed by atoms with E-state index in [4.69, 9.17) is 9.47 Å². The van der Waals surface area contributed by atoms with Gasteiger partial charge in [0.2, 0.25) is 0 Å². The fourth-order valence-corrected chi connectivity index (χ4v) is 1.71. The minimum atomic E-state index is -0.608. The summed E-state index contributed by atoms with van der Waals surface area (Å²) in [6.07, 6.45) is -0.608. The number of carbonyl (C=O) groups excluding carboxylic acids is 1. The van der Waals surface area contributed by atoms with Crippen molar-refractivity contribution in [3.63, 3.8) is 0 Å². The van der Waals surface area contributed by atoms with Crippen LogP contribution in [0.4, 0.5) is 10.5 Å². The van der Waals surface area contributed by atoms with Gasteiger partial charge >= 0.3 is 6.09 Å². The highest BCUT2D eigenvalue weighted by Gasteiger charge is 2.10. The molecule has 20 heavy (non-hydrogen) atoms. The molecule has 5 heteroatoms. The number of carbonyl (C=O) groups is 1. The molecule has 2 aromatic rings. The van der Waals surface area contributed by atoms with E-state index in [1.54, 1.807) is 37.3 Å². The van der Waals surface area contributed by atoms with Gasteiger partial charge in [-0.1, -0.05) is 18.2 Å². The van der Waals surface area contributed by atoms with Crippen LogP contribution in [0.25, 0.3) is 0 Å². The molecule has 0 aliphatic rings. The quantitative estimate of drug-likeness (QED) is 0.842. The first kappa shape index (κ1) is 13.7. The number of rotatable bonds is 3. The van der Waals surface area contributed by atoms with Gasteiger partial charge in [-0.25, -0.2) is 4.79 Å². The van der Waals surface area contributed by atoms with Crippen LogP contribution in [0.2, 0.25) is 0 Å². The molecule has 0 fully saturated rings. The molecular weight excluding hydrogens is 258 g/mol. The summed E-state index contributed by atoms with van der Waals surface area (Å²) in [6.45, 7) is 1.71. The van der Waals surface area contributed by atoms with Crippen LogP contribution < -0.4 is 14.8 Å². The van der Waals surface area contributed by atoms with E-state index < -0.39 is 6.09 Å². The maximum Gasteiger partial charge on any atom is 0.417 e. The van der Waals surface area contributed by atoms with E-state index in [1.165, 1.54) is 13.2 Å². The van der Waals surface area contributed by atoms with E-state index in [9.17, 15) is 9.90 Å². The smallest absolute Gasteiger partial charge is 0.417 e. The molecule has 0 saturated carbocycles. The fourth-order valence-electron chi connectivity index (χ4n) is 1.71. The number of hydrogen-bond donors (Lipinski definition) is 2. The molecule has 1 amide bonds. The van der Waals surface area contributed by atoms with E-state index in [-0.39, 0.29) is 5.75 Å². The van der Waals surface area contributed by atoms with Gasteiger partial charge in [-0.05, 0) is 30.7 Å². The van der Waals surface area contributed by atoms with Crippen molar-refractivity contribution >= 4 is 11.8 Å². The van der Waals surface area contributed by atoms with Crippen LogP contribution >= 0.6 is 0 Å². The second kappa shape index (κ2) is 5.97. The van der Waals surface area contributed by atoms with E-state index in [2.05, 4.69) is 5.32 Å². The van der Waals surface area contributed by atoms with Crippen molar-refractivity contribution in [3.05, 3.63) is 48.0 Å². The van der Waals surface area contributed by atoms with E-state index in [0.29, 0.717) is 22.7 Å². The topological polar surface area (TPSA) is 67.8 Å². The number of anilines is 1. The molecule has 0 radical (unpaired) electrons. The van der Waals surface area contributed by atoms with Gasteiger partial charge in [-0.2, -0.15) is 0 Å². The van der Waals surface area contributed by atoms with Gasteiger partial charge in [0.1, 0.15) is 5.75 Å². The van der Waals surface area contributed by atoms with Crippen LogP contribution in [0.15, 0.2) is 42.5 Å². The summed E-state index contributed by atoms with van der Waals surface area (Å²) in [7, 11) is 1.45. The van der Waals surface area contributed by atoms with Crippen LogP contribution in [-0.4, -0.2) is 18.3 Å². The van der Waals surface area contributed by atoms with Crippen LogP contribution in [0.1, 0.15) is 5.56 Å². The standard InChI is InChI=1S/C15H15NO4/c1-10-8-11(9-13(19-2)14(10)17)16-15(18)20-12-6-4-3-5-7-12/h3-9,17H,1-2H3,(H,16,18). The molecule has 0 bridgehead atoms. The first-order valence-electron chi connectivity index (χ1n) is 6.01. The van der Waals surface area contributed by atoms with E-state index in [1.807, 2.05) is 6.07 Å². The molecule has 104 valence electrons. The third-order valence-electron chi connectivity index (χ3n) is 2.69. The zero-order valence-electron chi connectivity index (χ0n) is 11.2. The Morgan fingerprint density at radius 3 is 2.55 bits per heavy atom. The number of aromatic hydroxyl groups is 1. The minimum absolute atomic E-state index is 0.0504. The Morgan fingerprint density at radius 2 is 1.90 bits per heavy atom. The van der Waals surface area contributed by atoms with Gasteiger partial charge in [0.25, 0.3) is 0 Å². The molecular formula is C15H15NO4. The number of phenolic OH excluding ortho intramolecular Hbond substituents is 1. The molecule has 0 aromatic heterocycles. The third-order valence-corrected chi connectivity index (χ3v) is 2.69. The maximum absolute atomic E-state index is 11.7. The van der Waals surface area contributed by atoms with Gasteiger partial charge in [0, 0.05) is 11.8 Å². The molecule has 0 aliphatic heterocycles. The van der Waals surface area contributed by atoms with Crippen molar-refractivity contribution in [1.29, 1.82) is 0 Å². The first-order valence-corrected chi connectivity index (χ1v) is 6.01. The van der Waals surface area contributed by atoms with E-state index in [0.717, 1.165) is 0 Å². The number of methoxy groups -OCH3 is 1. The molecule has 0 atom stereocenters. The highest BCUT2D eigenvalue weighted by atomic mass is 16.6. The van der Waals surface area contributed by atoms with E-state index >= 15 is 0 Å². The summed E-state index contributed by atoms with van der Waals surface area (Å²) in [5, 5.41) is 12.3. The van der Waals surface area contributed by atoms with Crippen LogP contribution in [0.3, 0.4) is 0 Å². The summed E-state index contributed by atoms with van der Waals surface area (Å²) in [4.78, 5) is 11.7. The number of phenols is 1. The minimum Gasteiger partial charge on any atom is -0.504 e. The second-order valence-corrected chi connectivity index (χ2v) is 4.17. The third kappa shape index (κ3) is 3.20. The lowest BCUT2D eigenvalue weighted by atomic mass is 10.2. The number of nitrogens with one attached hydrogen (secondary N) is 1. The Bertz CT molecular complexity index is 611. The largest absolute Gasteiger partial charge is 0.504 e. The predicted octanol–water partition coefficient (Wildman–Crippen LogP) is 3.32. The van der Waals surface area contributed by atoms with Gasteiger partial charge in [0.15, 0.2) is 11.5 Å². The number of aryl methyl sites for hydroxylation is 1. The van der Waals surface area contributed by atoms with Crippen LogP contribution in [0.5, 0.6) is 17.2 Å². The normalized spacial score (nSPS) is 9.90. The Kier molecular flexibility index (Phi) is 4.10. The van der Waals surface area contributed by atoms with Crippen LogP contribution in [-0.2, 0) is 0 Å². The molecule has 0 heterocycles. The zero-order valence-corrected chi connectivity index (χ0v) is 11.2. The highest BCUT2D eigenvalue weighted by molar-refractivity contribution is 5.87. The summed E-state index contributed by atoms with van der Waals surface area (Å²) < 4.78 is 10.1. The Labute approximate surface area is 116 Å². The number of para-hydroxylation sites is 1. The Balaban J connectivity index is 2.10. The SMILES string of the molecule is COc1cc(NC(=O)Oc2ccccc2)cc(C)c1O. The van der Waals surface area contributed by atoms with Crippen molar-refractivity contribution < 1.29 is 19.4 Å². The zero-order chi connectivity index (χ0) is 14.5. The summed E-state index contributed by atoms with van der Waals surface area (Å²) in [5.41, 5.74) is 1.08. The lowest BCUT2D eigenvalue weighted by Gasteiger charge is -2.11. The molecule has 5 nitrogen and oxygen atoms in total. The molecule has 2 aromatic carbocycles. The summed E-state index contributed by atoms with van der Waals surface area (Å²) in [5.74, 6) is 0.793. The van der Waals surface area contributed by atoms with Gasteiger partial charge in [-0.3, -0.25) is 5.32 Å². The van der Waals surface area contributed by atoms with Crippen molar-refractivity contribution in [2.45, 2.75) is 6.92 Å². The van der Waals surface area contributed by atoms with Gasteiger partial charge < -0.3 is 14.6 Å².